The predicted octanol–water partition coefficient (Wildman–Crippen LogP) is 3.21. The van der Waals surface area contributed by atoms with Crippen LogP contribution in [-0.2, 0) is 9.59 Å². The molecule has 0 saturated carbocycles. The number of nitrogens with zero attached hydrogens (tertiary/aromatic N) is 1. The fraction of sp³-hybridized carbons (Fsp3) is 0.273. The van der Waals surface area contributed by atoms with Gasteiger partial charge < -0.3 is 24.4 Å². The molecule has 29 heavy (non-hydrogen) atoms. The van der Waals surface area contributed by atoms with Crippen LogP contribution in [-0.4, -0.2) is 51.1 Å². The van der Waals surface area contributed by atoms with Crippen LogP contribution < -0.4 is 19.5 Å². The van der Waals surface area contributed by atoms with E-state index < -0.39 is 0 Å². The van der Waals surface area contributed by atoms with Gasteiger partial charge in [0.2, 0.25) is 11.8 Å². The number of ether oxygens (including phenoxy) is 3. The van der Waals surface area contributed by atoms with E-state index in [-0.39, 0.29) is 18.4 Å². The second-order valence-corrected chi connectivity index (χ2v) is 6.07. The van der Waals surface area contributed by atoms with Crippen LogP contribution in [0.1, 0.15) is 12.5 Å². The SMILES string of the molecule is CCN(CC(=O)Nc1ccc(OC)cc1)C(=O)/C=C/c1cc(OC)ccc1OC. The molecule has 0 aliphatic heterocycles. The summed E-state index contributed by atoms with van der Waals surface area (Å²) in [5.41, 5.74) is 1.34. The summed E-state index contributed by atoms with van der Waals surface area (Å²) in [6, 6.07) is 12.3. The zero-order valence-electron chi connectivity index (χ0n) is 17.1. The zero-order chi connectivity index (χ0) is 21.2. The van der Waals surface area contributed by atoms with E-state index in [9.17, 15) is 9.59 Å². The van der Waals surface area contributed by atoms with E-state index >= 15 is 0 Å². The van der Waals surface area contributed by atoms with Gasteiger partial charge in [-0.3, -0.25) is 9.59 Å². The number of anilines is 1. The molecule has 0 atom stereocenters. The van der Waals surface area contributed by atoms with Gasteiger partial charge in [0, 0.05) is 23.9 Å². The number of nitrogens with one attached hydrogen (secondary N) is 1. The van der Waals surface area contributed by atoms with Crippen LogP contribution in [0.5, 0.6) is 17.2 Å². The van der Waals surface area contributed by atoms with Gasteiger partial charge in [-0.15, -0.1) is 0 Å². The predicted molar refractivity (Wildman–Crippen MR) is 112 cm³/mol. The van der Waals surface area contributed by atoms with Gasteiger partial charge in [0.1, 0.15) is 23.8 Å². The first-order valence-corrected chi connectivity index (χ1v) is 9.13. The minimum atomic E-state index is -0.280. The van der Waals surface area contributed by atoms with Crippen molar-refractivity contribution < 1.29 is 23.8 Å². The fourth-order valence-corrected chi connectivity index (χ4v) is 2.63. The molecule has 7 nitrogen and oxygen atoms in total. The highest BCUT2D eigenvalue weighted by molar-refractivity contribution is 5.98. The Labute approximate surface area is 170 Å². The van der Waals surface area contributed by atoms with Gasteiger partial charge in [0.15, 0.2) is 0 Å². The number of amides is 2. The summed E-state index contributed by atoms with van der Waals surface area (Å²) in [5, 5.41) is 2.77. The lowest BCUT2D eigenvalue weighted by Gasteiger charge is -2.18. The normalized spacial score (nSPS) is 10.5. The van der Waals surface area contributed by atoms with Crippen LogP contribution in [0.4, 0.5) is 5.69 Å². The first-order chi connectivity index (χ1) is 14.0. The molecule has 0 aliphatic carbocycles. The molecule has 0 saturated heterocycles. The molecule has 0 aromatic heterocycles. The monoisotopic (exact) mass is 398 g/mol. The minimum absolute atomic E-state index is 0.0546. The lowest BCUT2D eigenvalue weighted by atomic mass is 10.1. The summed E-state index contributed by atoms with van der Waals surface area (Å²) < 4.78 is 15.6. The highest BCUT2D eigenvalue weighted by atomic mass is 16.5. The molecular weight excluding hydrogens is 372 g/mol. The molecule has 154 valence electrons. The summed E-state index contributed by atoms with van der Waals surface area (Å²) in [6.07, 6.45) is 3.06. The second kappa shape index (κ2) is 10.8. The largest absolute Gasteiger partial charge is 0.497 e. The topological polar surface area (TPSA) is 77.1 Å². The summed E-state index contributed by atoms with van der Waals surface area (Å²) in [7, 11) is 4.70. The lowest BCUT2D eigenvalue weighted by Crippen LogP contribution is -2.36. The van der Waals surface area contributed by atoms with Crippen LogP contribution in [0.2, 0.25) is 0 Å². The summed E-state index contributed by atoms with van der Waals surface area (Å²) in [6.45, 7) is 2.16. The second-order valence-electron chi connectivity index (χ2n) is 6.07. The molecule has 0 aliphatic rings. The van der Waals surface area contributed by atoms with Crippen LogP contribution in [0.15, 0.2) is 48.5 Å². The molecule has 7 heteroatoms. The van der Waals surface area contributed by atoms with Crippen LogP contribution in [0.3, 0.4) is 0 Å². The molecular formula is C22H26N2O5. The lowest BCUT2D eigenvalue weighted by molar-refractivity contribution is -0.130. The Morgan fingerprint density at radius 1 is 0.966 bits per heavy atom. The molecule has 2 aromatic rings. The first-order valence-electron chi connectivity index (χ1n) is 9.13. The van der Waals surface area contributed by atoms with E-state index in [1.807, 2.05) is 6.92 Å². The molecule has 0 heterocycles. The van der Waals surface area contributed by atoms with Crippen LogP contribution in [0.25, 0.3) is 6.08 Å². The van der Waals surface area contributed by atoms with Crippen LogP contribution >= 0.6 is 0 Å². The van der Waals surface area contributed by atoms with Crippen molar-refractivity contribution >= 4 is 23.6 Å². The Kier molecular flexibility index (Phi) is 8.09. The Morgan fingerprint density at radius 2 is 1.62 bits per heavy atom. The number of likely N-dealkylation sites (N-methyl/N-ethyl adjacent to an activating group) is 1. The Hall–Kier alpha value is -3.48. The van der Waals surface area contributed by atoms with Crippen molar-refractivity contribution in [2.75, 3.05) is 39.7 Å². The molecule has 0 radical (unpaired) electrons. The van der Waals surface area contributed by atoms with Gasteiger partial charge in [-0.1, -0.05) is 0 Å². The number of rotatable bonds is 9. The van der Waals surface area contributed by atoms with E-state index in [4.69, 9.17) is 14.2 Å². The molecule has 1 N–H and O–H groups in total. The zero-order valence-corrected chi connectivity index (χ0v) is 17.1. The highest BCUT2D eigenvalue weighted by Gasteiger charge is 2.14. The standard InChI is InChI=1S/C22H26N2O5/c1-5-24(15-21(25)23-17-7-9-18(27-2)10-8-17)22(26)13-6-16-14-19(28-3)11-12-20(16)29-4/h6-14H,5,15H2,1-4H3,(H,23,25)/b13-6+. The van der Waals surface area contributed by atoms with Gasteiger partial charge in [0.05, 0.1) is 21.3 Å². The summed E-state index contributed by atoms with van der Waals surface area (Å²) in [4.78, 5) is 26.3. The van der Waals surface area contributed by atoms with E-state index in [0.717, 1.165) is 0 Å². The van der Waals surface area contributed by atoms with Crippen molar-refractivity contribution in [3.05, 3.63) is 54.1 Å². The molecule has 0 spiro atoms. The van der Waals surface area contributed by atoms with Gasteiger partial charge in [-0.25, -0.2) is 0 Å². The van der Waals surface area contributed by atoms with Gasteiger partial charge >= 0.3 is 0 Å². The van der Waals surface area contributed by atoms with Gasteiger partial charge in [-0.05, 0) is 55.5 Å². The van der Waals surface area contributed by atoms with E-state index in [2.05, 4.69) is 5.32 Å². The number of hydrogen-bond donors (Lipinski definition) is 1. The van der Waals surface area contributed by atoms with Crippen LogP contribution in [0, 0.1) is 0 Å². The average Bonchev–Trinajstić information content (AvgIpc) is 2.75. The Bertz CT molecular complexity index is 862. The third-order valence-electron chi connectivity index (χ3n) is 4.24. The van der Waals surface area contributed by atoms with Crippen molar-refractivity contribution in [3.63, 3.8) is 0 Å². The maximum absolute atomic E-state index is 12.5. The maximum atomic E-state index is 12.5. The number of carbonyl (C=O) groups excluding carboxylic acids is 2. The Balaban J connectivity index is 2.02. The van der Waals surface area contributed by atoms with Crippen molar-refractivity contribution in [2.45, 2.75) is 6.92 Å². The third kappa shape index (κ3) is 6.27. The fourth-order valence-electron chi connectivity index (χ4n) is 2.63. The minimum Gasteiger partial charge on any atom is -0.497 e. The first kappa shape index (κ1) is 21.8. The van der Waals surface area contributed by atoms with Crippen molar-refractivity contribution in [1.29, 1.82) is 0 Å². The number of benzene rings is 2. The van der Waals surface area contributed by atoms with Gasteiger partial charge in [0.25, 0.3) is 0 Å². The quantitative estimate of drug-likeness (QED) is 0.657. The Morgan fingerprint density at radius 3 is 2.21 bits per heavy atom. The van der Waals surface area contributed by atoms with Gasteiger partial charge in [-0.2, -0.15) is 0 Å². The van der Waals surface area contributed by atoms with Crippen molar-refractivity contribution in [2.24, 2.45) is 0 Å². The van der Waals surface area contributed by atoms with E-state index in [1.54, 1.807) is 69.9 Å². The molecule has 0 fully saturated rings. The number of hydrogen-bond acceptors (Lipinski definition) is 5. The molecule has 2 amide bonds. The molecule has 0 bridgehead atoms. The van der Waals surface area contributed by atoms with Crippen molar-refractivity contribution in [3.8, 4) is 17.2 Å². The van der Waals surface area contributed by atoms with E-state index in [1.165, 1.54) is 11.0 Å². The molecule has 0 unspecified atom stereocenters. The summed E-state index contributed by atoms with van der Waals surface area (Å²) >= 11 is 0. The number of methoxy groups -OCH3 is 3. The number of carbonyl (C=O) groups is 2. The molecule has 2 rings (SSSR count). The highest BCUT2D eigenvalue weighted by Crippen LogP contribution is 2.25. The third-order valence-corrected chi connectivity index (χ3v) is 4.24. The maximum Gasteiger partial charge on any atom is 0.247 e. The summed E-state index contributed by atoms with van der Waals surface area (Å²) in [5.74, 6) is 1.42. The van der Waals surface area contributed by atoms with Crippen molar-refractivity contribution in [1.82, 2.24) is 4.90 Å². The smallest absolute Gasteiger partial charge is 0.247 e. The molecule has 2 aromatic carbocycles. The average molecular weight is 398 g/mol. The van der Waals surface area contributed by atoms with E-state index in [0.29, 0.717) is 35.0 Å².